The fourth-order valence-electron chi connectivity index (χ4n) is 3.53. The third-order valence-corrected chi connectivity index (χ3v) is 5.91. The molecule has 0 saturated heterocycles. The Bertz CT molecular complexity index is 1260. The Hall–Kier alpha value is -3.74. The van der Waals surface area contributed by atoms with Gasteiger partial charge in [0.25, 0.3) is 5.56 Å². The quantitative estimate of drug-likeness (QED) is 0.518. The van der Waals surface area contributed by atoms with Crippen molar-refractivity contribution in [2.75, 3.05) is 10.6 Å². The van der Waals surface area contributed by atoms with Gasteiger partial charge in [-0.05, 0) is 50.5 Å². The highest BCUT2D eigenvalue weighted by Gasteiger charge is 2.25. The van der Waals surface area contributed by atoms with E-state index in [9.17, 15) is 14.4 Å². The summed E-state index contributed by atoms with van der Waals surface area (Å²) in [6, 6.07) is 14.1. The van der Waals surface area contributed by atoms with Gasteiger partial charge in [0, 0.05) is 17.2 Å². The summed E-state index contributed by atoms with van der Waals surface area (Å²) in [5, 5.41) is 10.2. The van der Waals surface area contributed by atoms with Crippen LogP contribution < -0.4 is 16.2 Å². The molecule has 0 aliphatic heterocycles. The van der Waals surface area contributed by atoms with Gasteiger partial charge in [0.05, 0.1) is 5.69 Å². The van der Waals surface area contributed by atoms with E-state index in [0.717, 1.165) is 22.3 Å². The summed E-state index contributed by atoms with van der Waals surface area (Å²) in [4.78, 5) is 39.0. The van der Waals surface area contributed by atoms with Crippen LogP contribution >= 0.6 is 0 Å². The van der Waals surface area contributed by atoms with E-state index in [4.69, 9.17) is 0 Å². The first-order valence-corrected chi connectivity index (χ1v) is 11.5. The van der Waals surface area contributed by atoms with Crippen molar-refractivity contribution in [3.63, 3.8) is 0 Å². The summed E-state index contributed by atoms with van der Waals surface area (Å²) >= 11 is 0. The Morgan fingerprint density at radius 2 is 1.59 bits per heavy atom. The van der Waals surface area contributed by atoms with E-state index in [2.05, 4.69) is 15.7 Å². The molecule has 0 saturated carbocycles. The second kappa shape index (κ2) is 10.5. The van der Waals surface area contributed by atoms with Crippen molar-refractivity contribution in [3.05, 3.63) is 75.6 Å². The number of hydrogen-bond acceptors (Lipinski definition) is 4. The van der Waals surface area contributed by atoms with E-state index in [1.165, 1.54) is 4.68 Å². The SMILES string of the molecule is CC[C@H](C(=O)Nc1cccc(C)c1C)n1nc(-c2ccc(C)cc2)cc(NC(=O)C(C)C)c1=O. The standard InChI is InChI=1S/C27H32N4O3/c1-7-24(26(33)28-21-10-8-9-18(5)19(21)6)31-27(34)23(29-25(32)16(2)3)15-22(30-31)20-13-11-17(4)12-14-20/h8-16,24H,7H2,1-6H3,(H,28,33)(H,29,32)/t24-/m1/s1. The molecule has 0 radical (unpaired) electrons. The van der Waals surface area contributed by atoms with E-state index in [1.807, 2.05) is 70.2 Å². The fraction of sp³-hybridized carbons (Fsp3) is 0.333. The maximum absolute atomic E-state index is 13.3. The lowest BCUT2D eigenvalue weighted by molar-refractivity contribution is -0.120. The molecule has 2 aromatic carbocycles. The van der Waals surface area contributed by atoms with Crippen molar-refractivity contribution >= 4 is 23.2 Å². The second-order valence-electron chi connectivity index (χ2n) is 8.86. The van der Waals surface area contributed by atoms with Crippen LogP contribution in [-0.2, 0) is 9.59 Å². The van der Waals surface area contributed by atoms with Gasteiger partial charge in [0.15, 0.2) is 0 Å². The summed E-state index contributed by atoms with van der Waals surface area (Å²) in [5.41, 5.74) is 4.66. The number of nitrogens with zero attached hydrogens (tertiary/aromatic N) is 2. The topological polar surface area (TPSA) is 93.1 Å². The Labute approximate surface area is 200 Å². The molecule has 0 bridgehead atoms. The third-order valence-electron chi connectivity index (χ3n) is 5.91. The zero-order valence-electron chi connectivity index (χ0n) is 20.6. The van der Waals surface area contributed by atoms with Gasteiger partial charge in [-0.2, -0.15) is 5.10 Å². The average molecular weight is 461 g/mol. The molecular formula is C27H32N4O3. The molecule has 0 fully saturated rings. The number of carbonyl (C=O) groups excluding carboxylic acids is 2. The smallest absolute Gasteiger partial charge is 0.291 e. The van der Waals surface area contributed by atoms with Crippen LogP contribution in [0.25, 0.3) is 11.3 Å². The maximum atomic E-state index is 13.3. The van der Waals surface area contributed by atoms with Crippen molar-refractivity contribution in [2.45, 2.75) is 54.0 Å². The largest absolute Gasteiger partial charge is 0.324 e. The first-order valence-electron chi connectivity index (χ1n) is 11.5. The molecular weight excluding hydrogens is 428 g/mol. The lowest BCUT2D eigenvalue weighted by Gasteiger charge is -2.20. The summed E-state index contributed by atoms with van der Waals surface area (Å²) < 4.78 is 1.19. The lowest BCUT2D eigenvalue weighted by atomic mass is 10.1. The number of hydrogen-bond donors (Lipinski definition) is 2. The van der Waals surface area contributed by atoms with Crippen LogP contribution in [0.4, 0.5) is 11.4 Å². The van der Waals surface area contributed by atoms with Crippen molar-refractivity contribution < 1.29 is 9.59 Å². The number of rotatable bonds is 7. The average Bonchev–Trinajstić information content (AvgIpc) is 2.80. The van der Waals surface area contributed by atoms with Crippen molar-refractivity contribution in [2.24, 2.45) is 5.92 Å². The minimum atomic E-state index is -0.854. The summed E-state index contributed by atoms with van der Waals surface area (Å²) in [6.45, 7) is 11.2. The number of nitrogens with one attached hydrogen (secondary N) is 2. The molecule has 7 nitrogen and oxygen atoms in total. The first kappa shape index (κ1) is 24.9. The second-order valence-corrected chi connectivity index (χ2v) is 8.86. The number of carbonyl (C=O) groups is 2. The Morgan fingerprint density at radius 3 is 2.21 bits per heavy atom. The number of benzene rings is 2. The van der Waals surface area contributed by atoms with Crippen molar-refractivity contribution in [1.29, 1.82) is 0 Å². The van der Waals surface area contributed by atoms with Gasteiger partial charge < -0.3 is 10.6 Å². The van der Waals surface area contributed by atoms with Gasteiger partial charge in [-0.1, -0.05) is 62.7 Å². The van der Waals surface area contributed by atoms with Crippen LogP contribution in [-0.4, -0.2) is 21.6 Å². The molecule has 0 spiro atoms. The highest BCUT2D eigenvalue weighted by Crippen LogP contribution is 2.23. The number of aromatic nitrogens is 2. The van der Waals surface area contributed by atoms with Crippen molar-refractivity contribution in [3.8, 4) is 11.3 Å². The van der Waals surface area contributed by atoms with E-state index in [1.54, 1.807) is 19.9 Å². The molecule has 3 aromatic rings. The summed E-state index contributed by atoms with van der Waals surface area (Å²) in [5.74, 6) is -0.927. The summed E-state index contributed by atoms with van der Waals surface area (Å²) in [6.07, 6.45) is 0.346. The van der Waals surface area contributed by atoms with Crippen LogP contribution in [0.2, 0.25) is 0 Å². The zero-order chi connectivity index (χ0) is 25.0. The molecule has 2 N–H and O–H groups in total. The van der Waals surface area contributed by atoms with Crippen LogP contribution in [0, 0.1) is 26.7 Å². The fourth-order valence-corrected chi connectivity index (χ4v) is 3.53. The first-order chi connectivity index (χ1) is 16.1. The van der Waals surface area contributed by atoms with Crippen LogP contribution in [0.1, 0.15) is 49.9 Å². The molecule has 2 amide bonds. The highest BCUT2D eigenvalue weighted by molar-refractivity contribution is 5.95. The number of amides is 2. The molecule has 0 aliphatic carbocycles. The number of anilines is 2. The Morgan fingerprint density at radius 1 is 0.941 bits per heavy atom. The lowest BCUT2D eigenvalue weighted by Crippen LogP contribution is -2.37. The molecule has 178 valence electrons. The molecule has 1 aromatic heterocycles. The molecule has 0 aliphatic rings. The van der Waals surface area contributed by atoms with Gasteiger partial charge in [-0.3, -0.25) is 14.4 Å². The van der Waals surface area contributed by atoms with Gasteiger partial charge >= 0.3 is 0 Å². The normalized spacial score (nSPS) is 11.9. The molecule has 0 unspecified atom stereocenters. The predicted octanol–water partition coefficient (Wildman–Crippen LogP) is 5.02. The van der Waals surface area contributed by atoms with Crippen molar-refractivity contribution in [1.82, 2.24) is 9.78 Å². The molecule has 7 heteroatoms. The van der Waals surface area contributed by atoms with E-state index in [-0.39, 0.29) is 23.4 Å². The van der Waals surface area contributed by atoms with Gasteiger partial charge in [-0.15, -0.1) is 0 Å². The van der Waals surface area contributed by atoms with E-state index >= 15 is 0 Å². The van der Waals surface area contributed by atoms with Gasteiger partial charge in [0.2, 0.25) is 11.8 Å². The predicted molar refractivity (Wildman–Crippen MR) is 136 cm³/mol. The molecule has 34 heavy (non-hydrogen) atoms. The Balaban J connectivity index is 2.09. The number of aryl methyl sites for hydroxylation is 2. The minimum absolute atomic E-state index is 0.0993. The Kier molecular flexibility index (Phi) is 7.66. The monoisotopic (exact) mass is 460 g/mol. The third kappa shape index (κ3) is 5.42. The molecule has 1 heterocycles. The molecule has 3 rings (SSSR count). The summed E-state index contributed by atoms with van der Waals surface area (Å²) in [7, 11) is 0. The van der Waals surface area contributed by atoms with Gasteiger partial charge in [0.1, 0.15) is 11.7 Å². The maximum Gasteiger partial charge on any atom is 0.291 e. The zero-order valence-corrected chi connectivity index (χ0v) is 20.6. The van der Waals surface area contributed by atoms with Gasteiger partial charge in [-0.25, -0.2) is 4.68 Å². The van der Waals surface area contributed by atoms with Crippen LogP contribution in [0.3, 0.4) is 0 Å². The van der Waals surface area contributed by atoms with E-state index in [0.29, 0.717) is 17.8 Å². The van der Waals surface area contributed by atoms with Crippen LogP contribution in [0.5, 0.6) is 0 Å². The minimum Gasteiger partial charge on any atom is -0.324 e. The molecule has 1 atom stereocenters. The van der Waals surface area contributed by atoms with E-state index < -0.39 is 11.6 Å². The highest BCUT2D eigenvalue weighted by atomic mass is 16.2. The van der Waals surface area contributed by atoms with Crippen LogP contribution in [0.15, 0.2) is 53.3 Å².